The molecule has 1 heterocycles. The van der Waals surface area contributed by atoms with Crippen molar-refractivity contribution in [3.8, 4) is 0 Å². The molecule has 4 heteroatoms. The van der Waals surface area contributed by atoms with E-state index in [0.29, 0.717) is 10.7 Å². The van der Waals surface area contributed by atoms with Crippen molar-refractivity contribution in [2.45, 2.75) is 13.5 Å². The molecular weight excluding hydrogens is 240 g/mol. The molecule has 1 aromatic heterocycles. The number of anilines is 2. The Hall–Kier alpha value is -1.19. The van der Waals surface area contributed by atoms with Gasteiger partial charge in [-0.2, -0.15) is 0 Å². The first-order chi connectivity index (χ1) is 7.66. The molecule has 0 saturated heterocycles. The second-order valence-electron chi connectivity index (χ2n) is 3.62. The Morgan fingerprint density at radius 2 is 2.19 bits per heavy atom. The summed E-state index contributed by atoms with van der Waals surface area (Å²) >= 11 is 7.82. The van der Waals surface area contributed by atoms with Gasteiger partial charge in [-0.15, -0.1) is 11.3 Å². The first-order valence-electron chi connectivity index (χ1n) is 4.98. The predicted octanol–water partition coefficient (Wildman–Crippen LogP) is 3.90. The Balaban J connectivity index is 2.08. The van der Waals surface area contributed by atoms with Crippen LogP contribution in [-0.2, 0) is 6.54 Å². The molecule has 1 aromatic carbocycles. The number of nitrogens with one attached hydrogen (secondary N) is 1. The third-order valence-electron chi connectivity index (χ3n) is 2.40. The Labute approximate surface area is 104 Å². The highest BCUT2D eigenvalue weighted by molar-refractivity contribution is 7.10. The fourth-order valence-corrected chi connectivity index (χ4v) is 2.54. The van der Waals surface area contributed by atoms with Gasteiger partial charge in [0.25, 0.3) is 0 Å². The van der Waals surface area contributed by atoms with Gasteiger partial charge >= 0.3 is 0 Å². The lowest BCUT2D eigenvalue weighted by Crippen LogP contribution is -1.99. The molecule has 0 radical (unpaired) electrons. The number of thiophene rings is 1. The van der Waals surface area contributed by atoms with E-state index in [0.717, 1.165) is 12.2 Å². The molecule has 0 amide bonds. The third-order valence-corrected chi connectivity index (χ3v) is 3.74. The number of nitrogens with two attached hydrogens (primary N) is 1. The van der Waals surface area contributed by atoms with Crippen molar-refractivity contribution in [1.29, 1.82) is 0 Å². The zero-order valence-electron chi connectivity index (χ0n) is 8.96. The van der Waals surface area contributed by atoms with Gasteiger partial charge in [0.05, 0.1) is 10.7 Å². The average Bonchev–Trinajstić information content (AvgIpc) is 2.63. The van der Waals surface area contributed by atoms with Gasteiger partial charge in [0, 0.05) is 17.1 Å². The van der Waals surface area contributed by atoms with Crippen molar-refractivity contribution >= 4 is 34.3 Å². The molecule has 2 nitrogen and oxygen atoms in total. The normalized spacial score (nSPS) is 10.4. The van der Waals surface area contributed by atoms with E-state index in [4.69, 9.17) is 17.3 Å². The number of benzene rings is 1. The molecule has 0 spiro atoms. The number of aryl methyl sites for hydroxylation is 1. The Kier molecular flexibility index (Phi) is 3.36. The molecule has 16 heavy (non-hydrogen) atoms. The van der Waals surface area contributed by atoms with Gasteiger partial charge in [-0.1, -0.05) is 11.6 Å². The van der Waals surface area contributed by atoms with Crippen molar-refractivity contribution in [1.82, 2.24) is 0 Å². The molecule has 0 unspecified atom stereocenters. The minimum Gasteiger partial charge on any atom is -0.399 e. The fourth-order valence-electron chi connectivity index (χ4n) is 1.44. The van der Waals surface area contributed by atoms with Crippen LogP contribution in [0.2, 0.25) is 5.02 Å². The second kappa shape index (κ2) is 4.76. The standard InChI is InChI=1S/C12H13ClN2S/c1-8-4-5-16-12(8)7-15-11-3-2-9(14)6-10(11)13/h2-6,15H,7,14H2,1H3. The van der Waals surface area contributed by atoms with Crippen molar-refractivity contribution < 1.29 is 0 Å². The lowest BCUT2D eigenvalue weighted by Gasteiger charge is -2.08. The van der Waals surface area contributed by atoms with Gasteiger partial charge in [0.15, 0.2) is 0 Å². The maximum absolute atomic E-state index is 6.07. The summed E-state index contributed by atoms with van der Waals surface area (Å²) in [4.78, 5) is 1.33. The Bertz CT molecular complexity index is 494. The fraction of sp³-hybridized carbons (Fsp3) is 0.167. The highest BCUT2D eigenvalue weighted by Gasteiger charge is 2.02. The van der Waals surface area contributed by atoms with Gasteiger partial charge in [0.1, 0.15) is 0 Å². The highest BCUT2D eigenvalue weighted by Crippen LogP contribution is 2.25. The first kappa shape index (κ1) is 11.3. The Morgan fingerprint density at radius 3 is 2.81 bits per heavy atom. The molecule has 0 aliphatic carbocycles. The number of halogens is 1. The summed E-state index contributed by atoms with van der Waals surface area (Å²) in [6, 6.07) is 7.62. The van der Waals surface area contributed by atoms with E-state index in [2.05, 4.69) is 23.7 Å². The zero-order valence-corrected chi connectivity index (χ0v) is 10.5. The van der Waals surface area contributed by atoms with E-state index in [-0.39, 0.29) is 0 Å². The molecule has 0 fully saturated rings. The smallest absolute Gasteiger partial charge is 0.0658 e. The molecule has 3 N–H and O–H groups in total. The predicted molar refractivity (Wildman–Crippen MR) is 72.2 cm³/mol. The summed E-state index contributed by atoms with van der Waals surface area (Å²) in [5.74, 6) is 0. The van der Waals surface area contributed by atoms with Crippen molar-refractivity contribution in [3.05, 3.63) is 45.1 Å². The highest BCUT2D eigenvalue weighted by atomic mass is 35.5. The molecular formula is C12H13ClN2S. The van der Waals surface area contributed by atoms with E-state index < -0.39 is 0 Å². The lowest BCUT2D eigenvalue weighted by molar-refractivity contribution is 1.17. The van der Waals surface area contributed by atoms with E-state index in [1.807, 2.05) is 12.1 Å². The van der Waals surface area contributed by atoms with Gasteiger partial charge in [0.2, 0.25) is 0 Å². The zero-order chi connectivity index (χ0) is 11.5. The maximum atomic E-state index is 6.07. The second-order valence-corrected chi connectivity index (χ2v) is 5.03. The van der Waals surface area contributed by atoms with Crippen molar-refractivity contribution in [3.63, 3.8) is 0 Å². The molecule has 2 aromatic rings. The molecule has 84 valence electrons. The van der Waals surface area contributed by atoms with E-state index in [1.165, 1.54) is 10.4 Å². The largest absolute Gasteiger partial charge is 0.399 e. The maximum Gasteiger partial charge on any atom is 0.0658 e. The van der Waals surface area contributed by atoms with Crippen LogP contribution in [0, 0.1) is 6.92 Å². The monoisotopic (exact) mass is 252 g/mol. The molecule has 0 aliphatic heterocycles. The van der Waals surface area contributed by atoms with Crippen LogP contribution >= 0.6 is 22.9 Å². The number of hydrogen-bond donors (Lipinski definition) is 2. The average molecular weight is 253 g/mol. The minimum atomic E-state index is 0.661. The summed E-state index contributed by atoms with van der Waals surface area (Å²) in [6.07, 6.45) is 0. The van der Waals surface area contributed by atoms with Crippen LogP contribution in [0.3, 0.4) is 0 Å². The van der Waals surface area contributed by atoms with Crippen molar-refractivity contribution in [2.75, 3.05) is 11.1 Å². The van der Waals surface area contributed by atoms with Crippen LogP contribution in [0.1, 0.15) is 10.4 Å². The van der Waals surface area contributed by atoms with Crippen LogP contribution in [-0.4, -0.2) is 0 Å². The summed E-state index contributed by atoms with van der Waals surface area (Å²) in [5, 5.41) is 6.06. The van der Waals surface area contributed by atoms with Gasteiger partial charge in [-0.05, 0) is 42.1 Å². The van der Waals surface area contributed by atoms with Crippen LogP contribution in [0.4, 0.5) is 11.4 Å². The lowest BCUT2D eigenvalue weighted by atomic mass is 10.2. The minimum absolute atomic E-state index is 0.661. The third kappa shape index (κ3) is 2.49. The van der Waals surface area contributed by atoms with Gasteiger partial charge in [-0.25, -0.2) is 0 Å². The van der Waals surface area contributed by atoms with Crippen LogP contribution in [0.5, 0.6) is 0 Å². The summed E-state index contributed by atoms with van der Waals surface area (Å²) in [6.45, 7) is 2.91. The van der Waals surface area contributed by atoms with Crippen LogP contribution in [0.15, 0.2) is 29.6 Å². The topological polar surface area (TPSA) is 38.0 Å². The summed E-state index contributed by atoms with van der Waals surface area (Å²) < 4.78 is 0. The molecule has 0 bridgehead atoms. The SMILES string of the molecule is Cc1ccsc1CNc1ccc(N)cc1Cl. The quantitative estimate of drug-likeness (QED) is 0.813. The first-order valence-corrected chi connectivity index (χ1v) is 6.24. The molecule has 0 atom stereocenters. The number of nitrogen functional groups attached to an aromatic ring is 1. The van der Waals surface area contributed by atoms with Gasteiger partial charge in [-0.3, -0.25) is 0 Å². The molecule has 2 rings (SSSR count). The number of rotatable bonds is 3. The Morgan fingerprint density at radius 1 is 1.38 bits per heavy atom. The van der Waals surface area contributed by atoms with Crippen LogP contribution < -0.4 is 11.1 Å². The van der Waals surface area contributed by atoms with Crippen LogP contribution in [0.25, 0.3) is 0 Å². The van der Waals surface area contributed by atoms with E-state index in [9.17, 15) is 0 Å². The van der Waals surface area contributed by atoms with E-state index >= 15 is 0 Å². The molecule has 0 aliphatic rings. The summed E-state index contributed by atoms with van der Waals surface area (Å²) in [5.41, 5.74) is 8.54. The number of hydrogen-bond acceptors (Lipinski definition) is 3. The van der Waals surface area contributed by atoms with Crippen molar-refractivity contribution in [2.24, 2.45) is 0 Å². The summed E-state index contributed by atoms with van der Waals surface area (Å²) in [7, 11) is 0. The molecule has 0 saturated carbocycles. The van der Waals surface area contributed by atoms with E-state index in [1.54, 1.807) is 17.4 Å². The van der Waals surface area contributed by atoms with Gasteiger partial charge < -0.3 is 11.1 Å².